The molecule has 3 heteroatoms. The monoisotopic (exact) mass is 243 g/mol. The Kier molecular flexibility index (Phi) is 10.2. The highest BCUT2D eigenvalue weighted by molar-refractivity contribution is 5.69. The number of nitrogens with one attached hydrogen (secondary N) is 1. The van der Waals surface area contributed by atoms with Crippen molar-refractivity contribution in [3.63, 3.8) is 0 Å². The maximum absolute atomic E-state index is 11.5. The largest absolute Gasteiger partial charge is 0.463 e. The van der Waals surface area contributed by atoms with Crippen molar-refractivity contribution in [1.82, 2.24) is 5.32 Å². The first-order chi connectivity index (χ1) is 8.06. The molecular weight excluding hydrogens is 214 g/mol. The molecule has 0 fully saturated rings. The van der Waals surface area contributed by atoms with Gasteiger partial charge in [0.2, 0.25) is 0 Å². The Morgan fingerprint density at radius 3 is 2.47 bits per heavy atom. The van der Waals surface area contributed by atoms with Gasteiger partial charge in [-0.05, 0) is 19.8 Å². The number of carbonyl (C=O) groups excluding carboxylic acids is 1. The predicted molar refractivity (Wildman–Crippen MR) is 72.1 cm³/mol. The van der Waals surface area contributed by atoms with Crippen molar-refractivity contribution in [3.8, 4) is 0 Å². The Morgan fingerprint density at radius 1 is 1.18 bits per heavy atom. The van der Waals surface area contributed by atoms with Crippen LogP contribution in [-0.2, 0) is 9.53 Å². The van der Waals surface area contributed by atoms with Crippen molar-refractivity contribution in [1.29, 1.82) is 0 Å². The Hall–Kier alpha value is -0.570. The highest BCUT2D eigenvalue weighted by atomic mass is 16.5. The Morgan fingerprint density at radius 2 is 1.88 bits per heavy atom. The molecule has 0 aromatic carbocycles. The van der Waals surface area contributed by atoms with Crippen molar-refractivity contribution in [3.05, 3.63) is 0 Å². The molecule has 0 aliphatic rings. The van der Waals surface area contributed by atoms with Crippen molar-refractivity contribution < 1.29 is 9.53 Å². The van der Waals surface area contributed by atoms with Crippen LogP contribution in [0, 0.1) is 0 Å². The van der Waals surface area contributed by atoms with Crippen LogP contribution < -0.4 is 5.32 Å². The first-order valence-electron chi connectivity index (χ1n) is 6.99. The minimum atomic E-state index is -0.0823. The molecule has 0 saturated carbocycles. The van der Waals surface area contributed by atoms with Gasteiger partial charge in [0, 0.05) is 12.6 Å². The van der Waals surface area contributed by atoms with Gasteiger partial charge in [-0.2, -0.15) is 0 Å². The summed E-state index contributed by atoms with van der Waals surface area (Å²) in [4.78, 5) is 11.5. The molecule has 0 aliphatic heterocycles. The lowest BCUT2D eigenvalue weighted by atomic mass is 10.1. The average molecular weight is 243 g/mol. The molecule has 1 atom stereocenters. The van der Waals surface area contributed by atoms with E-state index in [0.717, 1.165) is 12.8 Å². The van der Waals surface area contributed by atoms with Gasteiger partial charge >= 0.3 is 5.97 Å². The van der Waals surface area contributed by atoms with Crippen molar-refractivity contribution in [2.24, 2.45) is 0 Å². The topological polar surface area (TPSA) is 38.3 Å². The quantitative estimate of drug-likeness (QED) is 0.473. The maximum atomic E-state index is 11.5. The minimum Gasteiger partial charge on any atom is -0.463 e. The lowest BCUT2D eigenvalue weighted by molar-refractivity contribution is -0.148. The third-order valence-electron chi connectivity index (χ3n) is 2.68. The number of hydrogen-bond donors (Lipinski definition) is 1. The molecule has 3 nitrogen and oxygen atoms in total. The zero-order chi connectivity index (χ0) is 13.1. The Bertz CT molecular complexity index is 193. The number of hydrogen-bond acceptors (Lipinski definition) is 3. The summed E-state index contributed by atoms with van der Waals surface area (Å²) in [6, 6.07) is 0.425. The summed E-state index contributed by atoms with van der Waals surface area (Å²) in [5.74, 6) is -0.0823. The van der Waals surface area contributed by atoms with Crippen LogP contribution in [-0.4, -0.2) is 24.7 Å². The highest BCUT2D eigenvalue weighted by Crippen LogP contribution is 2.08. The highest BCUT2D eigenvalue weighted by Gasteiger charge is 2.08. The van der Waals surface area contributed by atoms with Crippen LogP contribution in [0.5, 0.6) is 0 Å². The van der Waals surface area contributed by atoms with Crippen LogP contribution in [0.3, 0.4) is 0 Å². The molecule has 0 rings (SSSR count). The van der Waals surface area contributed by atoms with E-state index < -0.39 is 0 Å². The van der Waals surface area contributed by atoms with Gasteiger partial charge in [0.05, 0.1) is 12.5 Å². The van der Waals surface area contributed by atoms with E-state index >= 15 is 0 Å². The number of ether oxygens (including phenoxy) is 1. The van der Waals surface area contributed by atoms with Crippen LogP contribution in [0.2, 0.25) is 0 Å². The molecule has 0 amide bonds. The smallest absolute Gasteiger partial charge is 0.307 e. The summed E-state index contributed by atoms with van der Waals surface area (Å²) >= 11 is 0. The lowest BCUT2D eigenvalue weighted by Crippen LogP contribution is -2.26. The van der Waals surface area contributed by atoms with Gasteiger partial charge in [0.15, 0.2) is 0 Å². The molecule has 0 aromatic heterocycles. The van der Waals surface area contributed by atoms with E-state index in [1.807, 2.05) is 6.92 Å². The van der Waals surface area contributed by atoms with E-state index in [4.69, 9.17) is 4.74 Å². The zero-order valence-corrected chi connectivity index (χ0v) is 11.9. The third-order valence-corrected chi connectivity index (χ3v) is 2.68. The van der Waals surface area contributed by atoms with Gasteiger partial charge in [0.1, 0.15) is 0 Å². The normalized spacial score (nSPS) is 12.8. The van der Waals surface area contributed by atoms with Crippen molar-refractivity contribution in [2.45, 2.75) is 78.4 Å². The molecule has 1 unspecified atom stereocenters. The number of esters is 1. The molecule has 0 aromatic rings. The van der Waals surface area contributed by atoms with Crippen LogP contribution in [0.1, 0.15) is 66.2 Å². The second-order valence-corrected chi connectivity index (χ2v) is 5.01. The van der Waals surface area contributed by atoms with Crippen molar-refractivity contribution in [2.75, 3.05) is 6.54 Å². The van der Waals surface area contributed by atoms with Crippen LogP contribution in [0.4, 0.5) is 0 Å². The summed E-state index contributed by atoms with van der Waals surface area (Å²) in [5, 5.41) is 3.21. The van der Waals surface area contributed by atoms with Gasteiger partial charge in [-0.3, -0.25) is 4.79 Å². The van der Waals surface area contributed by atoms with E-state index in [9.17, 15) is 4.79 Å². The first kappa shape index (κ1) is 16.4. The van der Waals surface area contributed by atoms with E-state index in [0.29, 0.717) is 19.0 Å². The van der Waals surface area contributed by atoms with Gasteiger partial charge in [-0.25, -0.2) is 0 Å². The summed E-state index contributed by atoms with van der Waals surface area (Å²) in [6.07, 6.45) is 6.45. The van der Waals surface area contributed by atoms with E-state index in [1.54, 1.807) is 0 Å². The molecule has 0 aliphatic carbocycles. The standard InChI is InChI=1S/C14H29NO2/c1-5-6-7-8-9-13(4)17-14(16)10-11-15-12(2)3/h12-13,15H,5-11H2,1-4H3. The minimum absolute atomic E-state index is 0.0680. The summed E-state index contributed by atoms with van der Waals surface area (Å²) in [6.45, 7) is 9.04. The molecule has 102 valence electrons. The average Bonchev–Trinajstić information content (AvgIpc) is 2.23. The fourth-order valence-electron chi connectivity index (χ4n) is 1.66. The fourth-order valence-corrected chi connectivity index (χ4v) is 1.66. The van der Waals surface area contributed by atoms with E-state index in [2.05, 4.69) is 26.1 Å². The second kappa shape index (κ2) is 10.6. The zero-order valence-electron chi connectivity index (χ0n) is 11.9. The summed E-state index contributed by atoms with van der Waals surface area (Å²) < 4.78 is 5.33. The van der Waals surface area contributed by atoms with Crippen LogP contribution in [0.25, 0.3) is 0 Å². The van der Waals surface area contributed by atoms with Crippen LogP contribution in [0.15, 0.2) is 0 Å². The molecule has 0 radical (unpaired) electrons. The Labute approximate surface area is 106 Å². The molecule has 1 N–H and O–H groups in total. The number of carbonyl (C=O) groups is 1. The van der Waals surface area contributed by atoms with Gasteiger partial charge in [-0.15, -0.1) is 0 Å². The van der Waals surface area contributed by atoms with Crippen LogP contribution >= 0.6 is 0 Å². The molecule has 0 heterocycles. The molecule has 0 saturated heterocycles. The van der Waals surface area contributed by atoms with E-state index in [-0.39, 0.29) is 12.1 Å². The van der Waals surface area contributed by atoms with Gasteiger partial charge < -0.3 is 10.1 Å². The maximum Gasteiger partial charge on any atom is 0.307 e. The van der Waals surface area contributed by atoms with Gasteiger partial charge in [0.25, 0.3) is 0 Å². The predicted octanol–water partition coefficient (Wildman–Crippen LogP) is 3.28. The van der Waals surface area contributed by atoms with E-state index in [1.165, 1.54) is 19.3 Å². The van der Waals surface area contributed by atoms with Gasteiger partial charge in [-0.1, -0.05) is 40.0 Å². The number of unbranched alkanes of at least 4 members (excludes halogenated alkanes) is 3. The molecule has 0 bridgehead atoms. The van der Waals surface area contributed by atoms with Crippen molar-refractivity contribution >= 4 is 5.97 Å². The summed E-state index contributed by atoms with van der Waals surface area (Å²) in [5.41, 5.74) is 0. The second-order valence-electron chi connectivity index (χ2n) is 5.01. The first-order valence-corrected chi connectivity index (χ1v) is 6.99. The molecule has 0 spiro atoms. The Balaban J connectivity index is 3.45. The summed E-state index contributed by atoms with van der Waals surface area (Å²) in [7, 11) is 0. The third kappa shape index (κ3) is 11.7. The fraction of sp³-hybridized carbons (Fsp3) is 0.929. The molecular formula is C14H29NO2. The SMILES string of the molecule is CCCCCCC(C)OC(=O)CCNC(C)C. The number of rotatable bonds is 10. The molecule has 17 heavy (non-hydrogen) atoms. The lowest BCUT2D eigenvalue weighted by Gasteiger charge is -2.13.